The first kappa shape index (κ1) is 14.8. The molecule has 20 heavy (non-hydrogen) atoms. The molecule has 2 nitrogen and oxygen atoms in total. The molecule has 0 aliphatic carbocycles. The van der Waals surface area contributed by atoms with Gasteiger partial charge in [-0.1, -0.05) is 57.9 Å². The average molecular weight is 332 g/mol. The van der Waals surface area contributed by atoms with Gasteiger partial charge in [0.1, 0.15) is 0 Å². The lowest BCUT2D eigenvalue weighted by Crippen LogP contribution is -2.27. The summed E-state index contributed by atoms with van der Waals surface area (Å²) in [4.78, 5) is 14.0. The number of carbonyl (C=O) groups is 1. The normalized spacial score (nSPS) is 10.3. The molecule has 3 heteroatoms. The van der Waals surface area contributed by atoms with E-state index in [0.29, 0.717) is 13.0 Å². The number of carbonyl (C=O) groups excluding carboxylic acids is 1. The first-order valence-electron chi connectivity index (χ1n) is 6.58. The van der Waals surface area contributed by atoms with Gasteiger partial charge in [-0.3, -0.25) is 4.79 Å². The zero-order valence-electron chi connectivity index (χ0n) is 11.8. The predicted octanol–water partition coefficient (Wildman–Crippen LogP) is 3.96. The highest BCUT2D eigenvalue weighted by atomic mass is 79.9. The van der Waals surface area contributed by atoms with E-state index in [-0.39, 0.29) is 5.91 Å². The molecule has 2 aromatic carbocycles. The van der Waals surface area contributed by atoms with Crippen molar-refractivity contribution in [3.63, 3.8) is 0 Å². The van der Waals surface area contributed by atoms with Crippen LogP contribution in [0.25, 0.3) is 0 Å². The number of aryl methyl sites for hydroxylation is 1. The number of hydrogen-bond donors (Lipinski definition) is 0. The minimum Gasteiger partial charge on any atom is -0.341 e. The zero-order chi connectivity index (χ0) is 14.5. The number of hydrogen-bond acceptors (Lipinski definition) is 1. The van der Waals surface area contributed by atoms with Crippen LogP contribution < -0.4 is 0 Å². The lowest BCUT2D eigenvalue weighted by Gasteiger charge is -2.17. The minimum absolute atomic E-state index is 0.135. The molecule has 2 aromatic rings. The standard InChI is InChI=1S/C17H18BrNO/c1-13-5-3-6-14(9-13)11-17(20)19(2)12-15-7-4-8-16(18)10-15/h3-10H,11-12H2,1-2H3. The molecule has 2 rings (SSSR count). The molecule has 0 atom stereocenters. The number of amides is 1. The van der Waals surface area contributed by atoms with Gasteiger partial charge in [-0.25, -0.2) is 0 Å². The van der Waals surface area contributed by atoms with Crippen molar-refractivity contribution in [2.75, 3.05) is 7.05 Å². The van der Waals surface area contributed by atoms with E-state index in [0.717, 1.165) is 15.6 Å². The Morgan fingerprint density at radius 1 is 1.10 bits per heavy atom. The Balaban J connectivity index is 1.98. The maximum absolute atomic E-state index is 12.2. The third kappa shape index (κ3) is 4.20. The molecule has 0 spiro atoms. The van der Waals surface area contributed by atoms with Crippen molar-refractivity contribution in [3.8, 4) is 0 Å². The fourth-order valence-corrected chi connectivity index (χ4v) is 2.58. The summed E-state index contributed by atoms with van der Waals surface area (Å²) in [7, 11) is 1.85. The van der Waals surface area contributed by atoms with E-state index < -0.39 is 0 Å². The highest BCUT2D eigenvalue weighted by Crippen LogP contribution is 2.14. The second-order valence-corrected chi connectivity index (χ2v) is 5.96. The predicted molar refractivity (Wildman–Crippen MR) is 85.5 cm³/mol. The Morgan fingerprint density at radius 2 is 1.80 bits per heavy atom. The summed E-state index contributed by atoms with van der Waals surface area (Å²) in [5.74, 6) is 0.135. The third-order valence-corrected chi connectivity index (χ3v) is 3.67. The molecule has 0 aliphatic rings. The summed E-state index contributed by atoms with van der Waals surface area (Å²) in [6.45, 7) is 2.67. The summed E-state index contributed by atoms with van der Waals surface area (Å²) >= 11 is 3.45. The highest BCUT2D eigenvalue weighted by molar-refractivity contribution is 9.10. The number of rotatable bonds is 4. The van der Waals surface area contributed by atoms with Crippen LogP contribution in [0.1, 0.15) is 16.7 Å². The summed E-state index contributed by atoms with van der Waals surface area (Å²) in [6, 6.07) is 16.1. The lowest BCUT2D eigenvalue weighted by molar-refractivity contribution is -0.129. The van der Waals surface area contributed by atoms with Crippen LogP contribution in [0, 0.1) is 6.92 Å². The molecule has 0 saturated carbocycles. The number of nitrogens with zero attached hydrogens (tertiary/aromatic N) is 1. The van der Waals surface area contributed by atoms with Crippen LogP contribution in [-0.4, -0.2) is 17.9 Å². The third-order valence-electron chi connectivity index (χ3n) is 3.17. The quantitative estimate of drug-likeness (QED) is 0.830. The Morgan fingerprint density at radius 3 is 2.50 bits per heavy atom. The van der Waals surface area contributed by atoms with E-state index in [1.807, 2.05) is 56.4 Å². The minimum atomic E-state index is 0.135. The average Bonchev–Trinajstić information content (AvgIpc) is 2.38. The zero-order valence-corrected chi connectivity index (χ0v) is 13.4. The van der Waals surface area contributed by atoms with Gasteiger partial charge < -0.3 is 4.90 Å². The van der Waals surface area contributed by atoms with Crippen LogP contribution in [0.2, 0.25) is 0 Å². The maximum atomic E-state index is 12.2. The van der Waals surface area contributed by atoms with Crippen LogP contribution in [0.5, 0.6) is 0 Å². The second kappa shape index (κ2) is 6.71. The van der Waals surface area contributed by atoms with E-state index >= 15 is 0 Å². The van der Waals surface area contributed by atoms with E-state index in [1.54, 1.807) is 4.90 Å². The molecular weight excluding hydrogens is 314 g/mol. The Bertz CT molecular complexity index is 609. The fraction of sp³-hybridized carbons (Fsp3) is 0.235. The lowest BCUT2D eigenvalue weighted by atomic mass is 10.1. The Kier molecular flexibility index (Phi) is 4.96. The van der Waals surface area contributed by atoms with Gasteiger partial charge in [0.15, 0.2) is 0 Å². The van der Waals surface area contributed by atoms with Crippen LogP contribution >= 0.6 is 15.9 Å². The number of halogens is 1. The molecule has 104 valence electrons. The number of benzene rings is 2. The van der Waals surface area contributed by atoms with Crippen molar-refractivity contribution < 1.29 is 4.79 Å². The van der Waals surface area contributed by atoms with Gasteiger partial charge in [0.05, 0.1) is 6.42 Å². The van der Waals surface area contributed by atoms with Gasteiger partial charge in [0.2, 0.25) is 5.91 Å². The summed E-state index contributed by atoms with van der Waals surface area (Å²) < 4.78 is 1.04. The molecule has 0 radical (unpaired) electrons. The van der Waals surface area contributed by atoms with Gasteiger partial charge in [0.25, 0.3) is 0 Å². The van der Waals surface area contributed by atoms with E-state index in [1.165, 1.54) is 5.56 Å². The van der Waals surface area contributed by atoms with Gasteiger partial charge in [-0.05, 0) is 30.2 Å². The van der Waals surface area contributed by atoms with Gasteiger partial charge in [0, 0.05) is 18.1 Å². The summed E-state index contributed by atoms with van der Waals surface area (Å²) in [5.41, 5.74) is 3.38. The van der Waals surface area contributed by atoms with Crippen molar-refractivity contribution in [2.45, 2.75) is 19.9 Å². The Labute approximate surface area is 128 Å². The van der Waals surface area contributed by atoms with E-state index in [4.69, 9.17) is 0 Å². The molecule has 0 heterocycles. The number of likely N-dealkylation sites (N-methyl/N-ethyl adjacent to an activating group) is 1. The molecule has 0 aliphatic heterocycles. The fourth-order valence-electron chi connectivity index (χ4n) is 2.13. The van der Waals surface area contributed by atoms with Crippen molar-refractivity contribution in [2.24, 2.45) is 0 Å². The van der Waals surface area contributed by atoms with Crippen LogP contribution in [0.3, 0.4) is 0 Å². The molecule has 0 bridgehead atoms. The molecule has 0 N–H and O–H groups in total. The largest absolute Gasteiger partial charge is 0.341 e. The monoisotopic (exact) mass is 331 g/mol. The first-order valence-corrected chi connectivity index (χ1v) is 7.38. The molecule has 0 saturated heterocycles. The van der Waals surface area contributed by atoms with Crippen molar-refractivity contribution >= 4 is 21.8 Å². The van der Waals surface area contributed by atoms with E-state index in [9.17, 15) is 4.79 Å². The van der Waals surface area contributed by atoms with Gasteiger partial charge in [-0.15, -0.1) is 0 Å². The second-order valence-electron chi connectivity index (χ2n) is 5.05. The molecule has 1 amide bonds. The van der Waals surface area contributed by atoms with Crippen LogP contribution in [0.15, 0.2) is 53.0 Å². The van der Waals surface area contributed by atoms with Crippen molar-refractivity contribution in [1.82, 2.24) is 4.90 Å². The van der Waals surface area contributed by atoms with Crippen LogP contribution in [0.4, 0.5) is 0 Å². The molecule has 0 fully saturated rings. The van der Waals surface area contributed by atoms with Gasteiger partial charge in [-0.2, -0.15) is 0 Å². The van der Waals surface area contributed by atoms with Crippen molar-refractivity contribution in [3.05, 3.63) is 69.7 Å². The summed E-state index contributed by atoms with van der Waals surface area (Å²) in [6.07, 6.45) is 0.451. The summed E-state index contributed by atoms with van der Waals surface area (Å²) in [5, 5.41) is 0. The topological polar surface area (TPSA) is 20.3 Å². The molecular formula is C17H18BrNO. The maximum Gasteiger partial charge on any atom is 0.227 e. The first-order chi connectivity index (χ1) is 9.54. The van der Waals surface area contributed by atoms with Crippen LogP contribution in [-0.2, 0) is 17.8 Å². The highest BCUT2D eigenvalue weighted by Gasteiger charge is 2.10. The molecule has 0 unspecified atom stereocenters. The molecule has 0 aromatic heterocycles. The SMILES string of the molecule is Cc1cccc(CC(=O)N(C)Cc2cccc(Br)c2)c1. The van der Waals surface area contributed by atoms with Crippen molar-refractivity contribution in [1.29, 1.82) is 0 Å². The van der Waals surface area contributed by atoms with E-state index in [2.05, 4.69) is 22.0 Å². The smallest absolute Gasteiger partial charge is 0.227 e. The van der Waals surface area contributed by atoms with Gasteiger partial charge >= 0.3 is 0 Å². The Hall–Kier alpha value is -1.61.